The smallest absolute Gasteiger partial charge is 0.418 e. The van der Waals surface area contributed by atoms with E-state index in [4.69, 9.17) is 5.11 Å². The number of halogens is 3. The fourth-order valence-electron chi connectivity index (χ4n) is 1.18. The third-order valence-corrected chi connectivity index (χ3v) is 1.83. The van der Waals surface area contributed by atoms with Crippen molar-refractivity contribution < 1.29 is 28.2 Å². The number of hydrogen-bond donors (Lipinski definition) is 2. The van der Waals surface area contributed by atoms with Crippen LogP contribution < -0.4 is 0 Å². The number of hydrogen-bond acceptors (Lipinski definition) is 3. The van der Waals surface area contributed by atoms with Gasteiger partial charge in [-0.3, -0.25) is 9.78 Å². The molecule has 1 atom stereocenters. The normalized spacial score (nSPS) is 13.5. The van der Waals surface area contributed by atoms with Crippen molar-refractivity contribution in [2.24, 2.45) is 0 Å². The van der Waals surface area contributed by atoms with Gasteiger partial charge in [0.1, 0.15) is 6.10 Å². The first-order valence-electron chi connectivity index (χ1n) is 4.24. The molecule has 1 unspecified atom stereocenters. The molecule has 4 nitrogen and oxygen atoms in total. The highest BCUT2D eigenvalue weighted by Crippen LogP contribution is 2.33. The van der Waals surface area contributed by atoms with Gasteiger partial charge in [0.15, 0.2) is 0 Å². The third-order valence-electron chi connectivity index (χ3n) is 1.83. The first kappa shape index (κ1) is 12.4. The molecule has 0 aromatic carbocycles. The van der Waals surface area contributed by atoms with Gasteiger partial charge in [0.05, 0.1) is 17.7 Å². The second kappa shape index (κ2) is 4.48. The molecule has 0 fully saturated rings. The lowest BCUT2D eigenvalue weighted by atomic mass is 10.1. The van der Waals surface area contributed by atoms with E-state index >= 15 is 0 Å². The molecule has 1 rings (SSSR count). The van der Waals surface area contributed by atoms with E-state index in [1.54, 1.807) is 0 Å². The Morgan fingerprint density at radius 3 is 2.62 bits per heavy atom. The molecule has 1 heterocycles. The number of aliphatic carboxylic acids is 1. The van der Waals surface area contributed by atoms with Crippen LogP contribution in [0.25, 0.3) is 0 Å². The van der Waals surface area contributed by atoms with Crippen LogP contribution in [0.3, 0.4) is 0 Å². The average Bonchev–Trinajstić information content (AvgIpc) is 2.15. The number of aromatic nitrogens is 1. The molecular formula is C9H8F3NO3. The number of carbonyl (C=O) groups is 1. The molecule has 0 amide bonds. The molecule has 16 heavy (non-hydrogen) atoms. The van der Waals surface area contributed by atoms with Crippen molar-refractivity contribution >= 4 is 5.97 Å². The first-order valence-corrected chi connectivity index (χ1v) is 4.24. The molecule has 0 bridgehead atoms. The van der Waals surface area contributed by atoms with Crippen LogP contribution >= 0.6 is 0 Å². The van der Waals surface area contributed by atoms with E-state index in [1.807, 2.05) is 0 Å². The second-order valence-corrected chi connectivity index (χ2v) is 3.05. The Morgan fingerprint density at radius 1 is 1.50 bits per heavy atom. The topological polar surface area (TPSA) is 70.4 Å². The molecule has 0 radical (unpaired) electrons. The predicted molar refractivity (Wildman–Crippen MR) is 46.5 cm³/mol. The summed E-state index contributed by atoms with van der Waals surface area (Å²) < 4.78 is 37.3. The number of aliphatic hydroxyl groups excluding tert-OH is 1. The average molecular weight is 235 g/mol. The van der Waals surface area contributed by atoms with Gasteiger partial charge in [-0.2, -0.15) is 13.2 Å². The minimum atomic E-state index is -4.66. The second-order valence-electron chi connectivity index (χ2n) is 3.05. The lowest BCUT2D eigenvalue weighted by Gasteiger charge is -2.14. The van der Waals surface area contributed by atoms with Crippen molar-refractivity contribution in [3.63, 3.8) is 0 Å². The van der Waals surface area contributed by atoms with E-state index in [2.05, 4.69) is 4.98 Å². The van der Waals surface area contributed by atoms with Crippen molar-refractivity contribution in [2.45, 2.75) is 18.7 Å². The quantitative estimate of drug-likeness (QED) is 0.834. The summed E-state index contributed by atoms with van der Waals surface area (Å²) in [5.41, 5.74) is -1.79. The molecule has 0 spiro atoms. The first-order chi connectivity index (χ1) is 7.32. The molecule has 0 saturated carbocycles. The Hall–Kier alpha value is -1.63. The summed E-state index contributed by atoms with van der Waals surface area (Å²) in [6.45, 7) is 0. The van der Waals surface area contributed by atoms with Crippen molar-refractivity contribution in [3.8, 4) is 0 Å². The highest BCUT2D eigenvalue weighted by atomic mass is 19.4. The minimum absolute atomic E-state index is 0.669. The van der Waals surface area contributed by atoms with Crippen LogP contribution in [-0.2, 0) is 11.0 Å². The third kappa shape index (κ3) is 2.93. The lowest BCUT2D eigenvalue weighted by Crippen LogP contribution is -2.15. The summed E-state index contributed by atoms with van der Waals surface area (Å²) in [7, 11) is 0. The molecule has 7 heteroatoms. The number of pyridine rings is 1. The molecule has 0 aliphatic heterocycles. The highest BCUT2D eigenvalue weighted by molar-refractivity contribution is 5.67. The van der Waals surface area contributed by atoms with E-state index in [9.17, 15) is 23.1 Å². The highest BCUT2D eigenvalue weighted by Gasteiger charge is 2.36. The predicted octanol–water partition coefficient (Wildman–Crippen LogP) is 1.61. The summed E-state index contributed by atoms with van der Waals surface area (Å²) in [5.74, 6) is -1.40. The molecule has 0 saturated heterocycles. The Balaban J connectivity index is 3.08. The number of carboxylic acid groups (broad SMARTS) is 1. The van der Waals surface area contributed by atoms with E-state index in [-0.39, 0.29) is 0 Å². The van der Waals surface area contributed by atoms with Gasteiger partial charge in [0.25, 0.3) is 0 Å². The van der Waals surface area contributed by atoms with Gasteiger partial charge in [-0.05, 0) is 12.1 Å². The molecule has 0 aliphatic rings. The SMILES string of the molecule is O=C(O)CC(O)c1ncccc1C(F)(F)F. The maximum Gasteiger partial charge on any atom is 0.418 e. The van der Waals surface area contributed by atoms with Crippen LogP contribution in [0, 0.1) is 0 Å². The van der Waals surface area contributed by atoms with Crippen LogP contribution in [0.2, 0.25) is 0 Å². The van der Waals surface area contributed by atoms with Crippen molar-refractivity contribution in [2.75, 3.05) is 0 Å². The molecule has 1 aromatic heterocycles. The monoisotopic (exact) mass is 235 g/mol. The largest absolute Gasteiger partial charge is 0.481 e. The lowest BCUT2D eigenvalue weighted by molar-refractivity contribution is -0.143. The number of carboxylic acids is 1. The van der Waals surface area contributed by atoms with Crippen molar-refractivity contribution in [1.29, 1.82) is 0 Å². The Kier molecular flexibility index (Phi) is 3.48. The fourth-order valence-corrected chi connectivity index (χ4v) is 1.18. The van der Waals surface area contributed by atoms with Gasteiger partial charge in [-0.1, -0.05) is 0 Å². The summed E-state index contributed by atoms with van der Waals surface area (Å²) >= 11 is 0. The zero-order valence-electron chi connectivity index (χ0n) is 7.90. The van der Waals surface area contributed by atoms with Gasteiger partial charge < -0.3 is 10.2 Å². The Morgan fingerprint density at radius 2 is 2.12 bits per heavy atom. The summed E-state index contributed by atoms with van der Waals surface area (Å²) in [6, 6.07) is 1.81. The zero-order valence-corrected chi connectivity index (χ0v) is 7.90. The van der Waals surface area contributed by atoms with Crippen molar-refractivity contribution in [1.82, 2.24) is 4.98 Å². The van der Waals surface area contributed by atoms with E-state index in [1.165, 1.54) is 0 Å². The van der Waals surface area contributed by atoms with Crippen LogP contribution in [0.5, 0.6) is 0 Å². The summed E-state index contributed by atoms with van der Waals surface area (Å²) in [4.78, 5) is 13.6. The molecule has 0 aliphatic carbocycles. The number of rotatable bonds is 3. The van der Waals surface area contributed by atoms with Gasteiger partial charge >= 0.3 is 12.1 Å². The number of aliphatic hydroxyl groups is 1. The summed E-state index contributed by atoms with van der Waals surface area (Å²) in [6.07, 6.45) is -6.19. The van der Waals surface area contributed by atoms with Gasteiger partial charge in [-0.15, -0.1) is 0 Å². The van der Waals surface area contributed by atoms with E-state index in [0.717, 1.165) is 18.3 Å². The summed E-state index contributed by atoms with van der Waals surface area (Å²) in [5, 5.41) is 17.7. The van der Waals surface area contributed by atoms with Crippen LogP contribution in [0.1, 0.15) is 23.8 Å². The van der Waals surface area contributed by atoms with E-state index in [0.29, 0.717) is 0 Å². The van der Waals surface area contributed by atoms with Crippen LogP contribution in [-0.4, -0.2) is 21.2 Å². The standard InChI is InChI=1S/C9H8F3NO3/c10-9(11,12)5-2-1-3-13-8(5)6(14)4-7(15)16/h1-3,6,14H,4H2,(H,15,16). The van der Waals surface area contributed by atoms with Crippen LogP contribution in [0.4, 0.5) is 13.2 Å². The van der Waals surface area contributed by atoms with Gasteiger partial charge in [0, 0.05) is 6.20 Å². The molecular weight excluding hydrogens is 227 g/mol. The fraction of sp³-hybridized carbons (Fsp3) is 0.333. The maximum absolute atomic E-state index is 12.4. The zero-order chi connectivity index (χ0) is 12.3. The van der Waals surface area contributed by atoms with Crippen molar-refractivity contribution in [3.05, 3.63) is 29.6 Å². The van der Waals surface area contributed by atoms with Crippen LogP contribution in [0.15, 0.2) is 18.3 Å². The van der Waals surface area contributed by atoms with Gasteiger partial charge in [-0.25, -0.2) is 0 Å². The number of nitrogens with zero attached hydrogens (tertiary/aromatic N) is 1. The van der Waals surface area contributed by atoms with E-state index < -0.39 is 35.9 Å². The maximum atomic E-state index is 12.4. The molecule has 1 aromatic rings. The number of alkyl halides is 3. The Bertz CT molecular complexity index is 392. The Labute approximate surface area is 88.4 Å². The molecule has 2 N–H and O–H groups in total. The molecule has 88 valence electrons. The minimum Gasteiger partial charge on any atom is -0.481 e. The van der Waals surface area contributed by atoms with Gasteiger partial charge in [0.2, 0.25) is 0 Å².